The summed E-state index contributed by atoms with van der Waals surface area (Å²) in [6, 6.07) is 12.8. The van der Waals surface area contributed by atoms with E-state index in [9.17, 15) is 4.79 Å². The topological polar surface area (TPSA) is 103 Å². The van der Waals surface area contributed by atoms with Crippen LogP contribution in [-0.2, 0) is 0 Å². The lowest BCUT2D eigenvalue weighted by Crippen LogP contribution is -2.13. The first-order valence-electron chi connectivity index (χ1n) is 7.37. The van der Waals surface area contributed by atoms with Crippen LogP contribution in [0.4, 0.5) is 6.01 Å². The van der Waals surface area contributed by atoms with Crippen LogP contribution in [-0.4, -0.2) is 28.4 Å². The summed E-state index contributed by atoms with van der Waals surface area (Å²) in [4.78, 5) is 12.6. The Hall–Kier alpha value is -3.68. The van der Waals surface area contributed by atoms with Gasteiger partial charge in [0.25, 0.3) is 11.8 Å². The number of hydrogen-bond acceptors (Lipinski definition) is 7. The molecule has 1 N–H and O–H groups in total. The number of hydrogen-bond donors (Lipinski definition) is 1. The van der Waals surface area contributed by atoms with Crippen LogP contribution < -0.4 is 10.1 Å². The minimum absolute atomic E-state index is 0.0494. The molecule has 2 aromatic carbocycles. The molecular weight excluding hydrogens is 324 g/mol. The molecule has 0 aliphatic heterocycles. The number of fused-ring (bicyclic) bond motifs is 1. The van der Waals surface area contributed by atoms with E-state index in [0.717, 1.165) is 10.8 Å². The Balaban J connectivity index is 1.63. The van der Waals surface area contributed by atoms with Gasteiger partial charge in [-0.2, -0.15) is 0 Å². The third kappa shape index (κ3) is 2.80. The quantitative estimate of drug-likeness (QED) is 0.610. The lowest BCUT2D eigenvalue weighted by atomic mass is 10.1. The molecule has 0 fully saturated rings. The van der Waals surface area contributed by atoms with Gasteiger partial charge in [0, 0.05) is 6.07 Å². The predicted molar refractivity (Wildman–Crippen MR) is 88.2 cm³/mol. The van der Waals surface area contributed by atoms with Gasteiger partial charge >= 0.3 is 6.01 Å². The van der Waals surface area contributed by atoms with Crippen LogP contribution in [0.2, 0.25) is 0 Å². The summed E-state index contributed by atoms with van der Waals surface area (Å²) in [5.74, 6) is 0.469. The average Bonchev–Trinajstić information content (AvgIpc) is 3.32. The van der Waals surface area contributed by atoms with Crippen molar-refractivity contribution >= 4 is 22.7 Å². The number of benzene rings is 2. The van der Waals surface area contributed by atoms with E-state index in [2.05, 4.69) is 20.7 Å². The summed E-state index contributed by atoms with van der Waals surface area (Å²) in [6.07, 6.45) is 1.46. The zero-order valence-electron chi connectivity index (χ0n) is 13.1. The van der Waals surface area contributed by atoms with E-state index in [0.29, 0.717) is 17.1 Å². The predicted octanol–water partition coefficient (Wildman–Crippen LogP) is 3.14. The van der Waals surface area contributed by atoms with Gasteiger partial charge in [-0.15, -0.1) is 5.10 Å². The van der Waals surface area contributed by atoms with E-state index < -0.39 is 5.91 Å². The number of carbonyl (C=O) groups excluding carboxylic acids is 1. The van der Waals surface area contributed by atoms with Gasteiger partial charge in [-0.3, -0.25) is 10.1 Å². The fourth-order valence-electron chi connectivity index (χ4n) is 2.43. The van der Waals surface area contributed by atoms with E-state index >= 15 is 0 Å². The van der Waals surface area contributed by atoms with Crippen molar-refractivity contribution in [3.05, 3.63) is 54.2 Å². The molecule has 0 saturated heterocycles. The second-order valence-electron chi connectivity index (χ2n) is 5.14. The zero-order valence-corrected chi connectivity index (χ0v) is 13.1. The summed E-state index contributed by atoms with van der Waals surface area (Å²) < 4.78 is 15.6. The first-order chi connectivity index (χ1) is 12.2. The molecule has 0 aliphatic carbocycles. The summed E-state index contributed by atoms with van der Waals surface area (Å²) in [6.45, 7) is 0. The van der Waals surface area contributed by atoms with Crippen molar-refractivity contribution in [2.45, 2.75) is 0 Å². The van der Waals surface area contributed by atoms with Crippen LogP contribution >= 0.6 is 0 Å². The van der Waals surface area contributed by atoms with Crippen LogP contribution in [0.5, 0.6) is 5.75 Å². The Morgan fingerprint density at radius 3 is 2.64 bits per heavy atom. The molecule has 1 amide bonds. The number of rotatable bonds is 4. The summed E-state index contributed by atoms with van der Waals surface area (Å²) >= 11 is 0. The Morgan fingerprint density at radius 1 is 1.12 bits per heavy atom. The Bertz CT molecular complexity index is 1040. The van der Waals surface area contributed by atoms with E-state index in [4.69, 9.17) is 13.7 Å². The lowest BCUT2D eigenvalue weighted by Gasteiger charge is -2.09. The van der Waals surface area contributed by atoms with Crippen molar-refractivity contribution in [3.8, 4) is 17.4 Å². The maximum Gasteiger partial charge on any atom is 0.322 e. The lowest BCUT2D eigenvalue weighted by molar-refractivity contribution is 0.102. The van der Waals surface area contributed by atoms with Crippen molar-refractivity contribution in [1.82, 2.24) is 15.4 Å². The molecule has 0 aliphatic rings. The van der Waals surface area contributed by atoms with Crippen molar-refractivity contribution in [1.29, 1.82) is 0 Å². The number of anilines is 1. The average molecular weight is 336 g/mol. The highest BCUT2D eigenvalue weighted by Gasteiger charge is 2.18. The fourth-order valence-corrected chi connectivity index (χ4v) is 2.43. The molecule has 8 nitrogen and oxygen atoms in total. The van der Waals surface area contributed by atoms with Crippen LogP contribution in [0.25, 0.3) is 22.4 Å². The summed E-state index contributed by atoms with van der Waals surface area (Å²) in [7, 11) is 1.51. The van der Waals surface area contributed by atoms with E-state index in [-0.39, 0.29) is 11.9 Å². The van der Waals surface area contributed by atoms with E-state index in [1.165, 1.54) is 13.3 Å². The second-order valence-corrected chi connectivity index (χ2v) is 5.14. The third-order valence-corrected chi connectivity index (χ3v) is 3.61. The minimum Gasteiger partial charge on any atom is -0.496 e. The van der Waals surface area contributed by atoms with Crippen LogP contribution in [0.1, 0.15) is 10.4 Å². The molecular formula is C17H12N4O4. The number of carbonyl (C=O) groups is 1. The number of methoxy groups -OCH3 is 1. The van der Waals surface area contributed by atoms with Gasteiger partial charge < -0.3 is 13.7 Å². The number of ether oxygens (including phenoxy) is 1. The number of nitrogens with zero attached hydrogens (tertiary/aromatic N) is 3. The normalized spacial score (nSPS) is 10.8. The third-order valence-electron chi connectivity index (χ3n) is 3.61. The molecule has 0 radical (unpaired) electrons. The van der Waals surface area contributed by atoms with Crippen molar-refractivity contribution in [2.75, 3.05) is 12.4 Å². The van der Waals surface area contributed by atoms with Gasteiger partial charge in [0.2, 0.25) is 5.76 Å². The molecule has 0 bridgehead atoms. The highest BCUT2D eigenvalue weighted by Crippen LogP contribution is 2.27. The van der Waals surface area contributed by atoms with Gasteiger partial charge in [-0.25, -0.2) is 0 Å². The smallest absolute Gasteiger partial charge is 0.322 e. The van der Waals surface area contributed by atoms with Crippen LogP contribution in [0.15, 0.2) is 57.6 Å². The fraction of sp³-hybridized carbons (Fsp3) is 0.0588. The number of aromatic nitrogens is 3. The van der Waals surface area contributed by atoms with Crippen molar-refractivity contribution in [3.63, 3.8) is 0 Å². The standard InChI is InChI=1S/C17H12N4O4/c1-23-14-9-11-5-3-2-4-10(11)8-12(14)15(22)19-17-21-20-16(24-17)13-6-7-18-25-13/h2-9H,1H3,(H,19,21,22). The van der Waals surface area contributed by atoms with Crippen LogP contribution in [0.3, 0.4) is 0 Å². The molecule has 4 aromatic rings. The first kappa shape index (κ1) is 14.9. The van der Waals surface area contributed by atoms with Gasteiger partial charge in [0.1, 0.15) is 5.75 Å². The molecule has 25 heavy (non-hydrogen) atoms. The number of amides is 1. The van der Waals surface area contributed by atoms with Gasteiger partial charge in [-0.1, -0.05) is 34.5 Å². The summed E-state index contributed by atoms with van der Waals surface area (Å²) in [5.41, 5.74) is 0.362. The minimum atomic E-state index is -0.421. The highest BCUT2D eigenvalue weighted by molar-refractivity contribution is 6.07. The molecule has 4 rings (SSSR count). The van der Waals surface area contributed by atoms with E-state index in [1.807, 2.05) is 24.3 Å². The molecule has 2 aromatic heterocycles. The maximum atomic E-state index is 12.6. The molecule has 0 atom stereocenters. The molecule has 0 saturated carbocycles. The zero-order chi connectivity index (χ0) is 17.2. The van der Waals surface area contributed by atoms with Crippen molar-refractivity contribution in [2.24, 2.45) is 0 Å². The number of nitrogens with one attached hydrogen (secondary N) is 1. The Labute approximate surface area is 141 Å². The summed E-state index contributed by atoms with van der Waals surface area (Å²) in [5, 5.41) is 15.6. The monoisotopic (exact) mass is 336 g/mol. The first-order valence-corrected chi connectivity index (χ1v) is 7.37. The van der Waals surface area contributed by atoms with Gasteiger partial charge in [-0.05, 0) is 22.9 Å². The largest absolute Gasteiger partial charge is 0.496 e. The highest BCUT2D eigenvalue weighted by atomic mass is 16.5. The maximum absolute atomic E-state index is 12.6. The van der Waals surface area contributed by atoms with Crippen LogP contribution in [0, 0.1) is 0 Å². The van der Waals surface area contributed by atoms with Crippen molar-refractivity contribution < 1.29 is 18.5 Å². The molecule has 8 heteroatoms. The molecule has 124 valence electrons. The molecule has 2 heterocycles. The Kier molecular flexibility index (Phi) is 3.62. The Morgan fingerprint density at radius 2 is 1.92 bits per heavy atom. The molecule has 0 spiro atoms. The SMILES string of the molecule is COc1cc2ccccc2cc1C(=O)Nc1nnc(-c2ccno2)o1. The van der Waals surface area contributed by atoms with Gasteiger partial charge in [0.05, 0.1) is 18.9 Å². The second kappa shape index (κ2) is 6.08. The molecule has 0 unspecified atom stereocenters. The van der Waals surface area contributed by atoms with E-state index in [1.54, 1.807) is 18.2 Å². The van der Waals surface area contributed by atoms with Gasteiger partial charge in [0.15, 0.2) is 0 Å².